The van der Waals surface area contributed by atoms with Gasteiger partial charge in [0.15, 0.2) is 0 Å². The molecule has 4 nitrogen and oxygen atoms in total. The van der Waals surface area contributed by atoms with Gasteiger partial charge in [-0.3, -0.25) is 4.90 Å². The molecule has 0 amide bonds. The Kier molecular flexibility index (Phi) is 6.65. The molecule has 1 aromatic carbocycles. The molecule has 0 spiro atoms. The van der Waals surface area contributed by atoms with E-state index in [-0.39, 0.29) is 6.61 Å². The van der Waals surface area contributed by atoms with Crippen molar-refractivity contribution in [3.8, 4) is 5.75 Å². The number of hydrogen-bond donors (Lipinski definition) is 1. The fourth-order valence-electron chi connectivity index (χ4n) is 2.48. The van der Waals surface area contributed by atoms with Crippen LogP contribution in [0.3, 0.4) is 0 Å². The first-order valence-corrected chi connectivity index (χ1v) is 7.77. The van der Waals surface area contributed by atoms with E-state index in [2.05, 4.69) is 6.08 Å². The summed E-state index contributed by atoms with van der Waals surface area (Å²) in [5.74, 6) is 0.299. The number of aliphatic hydroxyl groups is 1. The van der Waals surface area contributed by atoms with Crippen LogP contribution in [0, 0.1) is 0 Å². The normalized spacial score (nSPS) is 16.8. The van der Waals surface area contributed by atoms with E-state index in [1.165, 1.54) is 17.7 Å². The Hall–Kier alpha value is -1.57. The zero-order chi connectivity index (χ0) is 17.6. The number of benzene rings is 1. The van der Waals surface area contributed by atoms with E-state index in [0.29, 0.717) is 25.4 Å². The van der Waals surface area contributed by atoms with E-state index in [1.54, 1.807) is 0 Å². The third-order valence-corrected chi connectivity index (χ3v) is 3.60. The van der Waals surface area contributed by atoms with Crippen LogP contribution in [0.1, 0.15) is 12.0 Å². The zero-order valence-corrected chi connectivity index (χ0v) is 13.6. The lowest BCUT2D eigenvalue weighted by Crippen LogP contribution is -2.35. The molecule has 1 N–H and O–H groups in total. The van der Waals surface area contributed by atoms with Gasteiger partial charge in [0.25, 0.3) is 0 Å². The van der Waals surface area contributed by atoms with Crippen LogP contribution in [-0.4, -0.2) is 56.1 Å². The summed E-state index contributed by atoms with van der Waals surface area (Å²) < 4.78 is 48.1. The quantitative estimate of drug-likeness (QED) is 0.772. The molecule has 7 heteroatoms. The minimum absolute atomic E-state index is 0.0191. The monoisotopic (exact) mass is 345 g/mol. The highest BCUT2D eigenvalue weighted by atomic mass is 19.4. The molecule has 1 aliphatic heterocycles. The standard InChI is InChI=1S/C17H22F3NO3/c1-21(9-13-3-2-8-23-11-13)10-15(22)12-24-16-6-4-14(5-7-16)17(18,19)20/h3-7,15,22H,2,8-12H2,1H3. The van der Waals surface area contributed by atoms with Gasteiger partial charge >= 0.3 is 6.18 Å². The van der Waals surface area contributed by atoms with Crippen molar-refractivity contribution in [2.45, 2.75) is 18.7 Å². The lowest BCUT2D eigenvalue weighted by atomic mass is 10.2. The summed E-state index contributed by atoms with van der Waals surface area (Å²) >= 11 is 0. The molecule has 0 bridgehead atoms. The smallest absolute Gasteiger partial charge is 0.416 e. The van der Waals surface area contributed by atoms with Crippen LogP contribution in [0.4, 0.5) is 13.2 Å². The Labute approximate surface area is 139 Å². The number of likely N-dealkylation sites (N-methyl/N-ethyl adjacent to an activating group) is 1. The molecule has 2 rings (SSSR count). The van der Waals surface area contributed by atoms with Crippen molar-refractivity contribution in [2.75, 3.05) is 40.0 Å². The molecule has 0 saturated carbocycles. The van der Waals surface area contributed by atoms with E-state index in [1.807, 2.05) is 11.9 Å². The molecule has 0 fully saturated rings. The Balaban J connectivity index is 1.74. The summed E-state index contributed by atoms with van der Waals surface area (Å²) in [5.41, 5.74) is 0.456. The van der Waals surface area contributed by atoms with Crippen LogP contribution in [0.15, 0.2) is 35.9 Å². The summed E-state index contributed by atoms with van der Waals surface area (Å²) in [6, 6.07) is 4.43. The van der Waals surface area contributed by atoms with E-state index >= 15 is 0 Å². The molecular formula is C17H22F3NO3. The van der Waals surface area contributed by atoms with Crippen molar-refractivity contribution in [3.05, 3.63) is 41.5 Å². The summed E-state index contributed by atoms with van der Waals surface area (Å²) in [5, 5.41) is 10.00. The third-order valence-electron chi connectivity index (χ3n) is 3.60. The van der Waals surface area contributed by atoms with Crippen LogP contribution in [0.5, 0.6) is 5.75 Å². The van der Waals surface area contributed by atoms with Crippen LogP contribution in [0.25, 0.3) is 0 Å². The molecule has 0 aliphatic carbocycles. The topological polar surface area (TPSA) is 41.9 Å². The lowest BCUT2D eigenvalue weighted by molar-refractivity contribution is -0.137. The maximum absolute atomic E-state index is 12.5. The summed E-state index contributed by atoms with van der Waals surface area (Å²) in [6.07, 6.45) is -2.05. The van der Waals surface area contributed by atoms with Crippen molar-refractivity contribution >= 4 is 0 Å². The van der Waals surface area contributed by atoms with Crippen molar-refractivity contribution < 1.29 is 27.8 Å². The summed E-state index contributed by atoms with van der Waals surface area (Å²) in [6.45, 7) is 2.49. The number of aliphatic hydroxyl groups excluding tert-OH is 1. The first-order chi connectivity index (χ1) is 11.3. The minimum Gasteiger partial charge on any atom is -0.491 e. The first kappa shape index (κ1) is 18.8. The molecule has 1 aromatic rings. The highest BCUT2D eigenvalue weighted by molar-refractivity contribution is 5.28. The average molecular weight is 345 g/mol. The predicted octanol–water partition coefficient (Wildman–Crippen LogP) is 2.72. The van der Waals surface area contributed by atoms with Crippen LogP contribution in [0.2, 0.25) is 0 Å². The van der Waals surface area contributed by atoms with Gasteiger partial charge in [0.2, 0.25) is 0 Å². The van der Waals surface area contributed by atoms with Crippen LogP contribution < -0.4 is 4.74 Å². The van der Waals surface area contributed by atoms with E-state index in [4.69, 9.17) is 9.47 Å². The zero-order valence-electron chi connectivity index (χ0n) is 13.6. The Bertz CT molecular complexity index is 543. The maximum atomic E-state index is 12.5. The number of hydrogen-bond acceptors (Lipinski definition) is 4. The van der Waals surface area contributed by atoms with E-state index in [9.17, 15) is 18.3 Å². The van der Waals surface area contributed by atoms with Gasteiger partial charge < -0.3 is 14.6 Å². The Morgan fingerprint density at radius 2 is 2.00 bits per heavy atom. The molecule has 0 radical (unpaired) electrons. The third kappa shape index (κ3) is 6.14. The molecule has 24 heavy (non-hydrogen) atoms. The summed E-state index contributed by atoms with van der Waals surface area (Å²) in [4.78, 5) is 1.96. The molecule has 134 valence electrons. The fraction of sp³-hybridized carbons (Fsp3) is 0.529. The predicted molar refractivity (Wildman–Crippen MR) is 84.0 cm³/mol. The number of rotatable bonds is 7. The van der Waals surface area contributed by atoms with Gasteiger partial charge in [0, 0.05) is 13.1 Å². The van der Waals surface area contributed by atoms with Gasteiger partial charge in [-0.05, 0) is 43.3 Å². The first-order valence-electron chi connectivity index (χ1n) is 7.77. The second-order valence-corrected chi connectivity index (χ2v) is 5.89. The lowest BCUT2D eigenvalue weighted by Gasteiger charge is -2.23. The SMILES string of the molecule is CN(CC1=CCCOC1)CC(O)COc1ccc(C(F)(F)F)cc1. The van der Waals surface area contributed by atoms with Crippen molar-refractivity contribution in [1.29, 1.82) is 0 Å². The van der Waals surface area contributed by atoms with Crippen molar-refractivity contribution in [1.82, 2.24) is 4.90 Å². The Morgan fingerprint density at radius 3 is 2.58 bits per heavy atom. The number of halogens is 3. The van der Waals surface area contributed by atoms with Crippen molar-refractivity contribution in [3.63, 3.8) is 0 Å². The number of alkyl halides is 3. The van der Waals surface area contributed by atoms with Gasteiger partial charge in [-0.2, -0.15) is 13.2 Å². The highest BCUT2D eigenvalue weighted by Gasteiger charge is 2.30. The maximum Gasteiger partial charge on any atom is 0.416 e. The minimum atomic E-state index is -4.36. The van der Waals surface area contributed by atoms with E-state index in [0.717, 1.165) is 25.2 Å². The van der Waals surface area contributed by atoms with Crippen molar-refractivity contribution in [2.24, 2.45) is 0 Å². The molecule has 1 atom stereocenters. The molecule has 1 heterocycles. The highest BCUT2D eigenvalue weighted by Crippen LogP contribution is 2.30. The molecule has 1 unspecified atom stereocenters. The Morgan fingerprint density at radius 1 is 1.29 bits per heavy atom. The number of nitrogens with zero attached hydrogens (tertiary/aromatic N) is 1. The van der Waals surface area contributed by atoms with Gasteiger partial charge in [-0.25, -0.2) is 0 Å². The largest absolute Gasteiger partial charge is 0.491 e. The molecule has 0 saturated heterocycles. The van der Waals surface area contributed by atoms with E-state index < -0.39 is 17.8 Å². The van der Waals surface area contributed by atoms with Gasteiger partial charge in [-0.15, -0.1) is 0 Å². The average Bonchev–Trinajstić information content (AvgIpc) is 2.53. The second kappa shape index (κ2) is 8.50. The van der Waals surface area contributed by atoms with Gasteiger partial charge in [-0.1, -0.05) is 6.08 Å². The number of ether oxygens (including phenoxy) is 2. The molecule has 0 aromatic heterocycles. The molecular weight excluding hydrogens is 323 g/mol. The second-order valence-electron chi connectivity index (χ2n) is 5.89. The van der Waals surface area contributed by atoms with Gasteiger partial charge in [0.05, 0.1) is 18.8 Å². The molecule has 1 aliphatic rings. The van der Waals surface area contributed by atoms with Crippen LogP contribution in [-0.2, 0) is 10.9 Å². The van der Waals surface area contributed by atoms with Gasteiger partial charge in [0.1, 0.15) is 18.5 Å². The fourth-order valence-corrected chi connectivity index (χ4v) is 2.48. The summed E-state index contributed by atoms with van der Waals surface area (Å²) in [7, 11) is 1.89. The van der Waals surface area contributed by atoms with Crippen LogP contribution >= 0.6 is 0 Å².